The first-order chi connectivity index (χ1) is 3.66. The van der Waals surface area contributed by atoms with Gasteiger partial charge in [0.05, 0.1) is 5.76 Å². The second-order valence-corrected chi connectivity index (χ2v) is 1.34. The normalized spacial score (nSPS) is 7.00. The molecule has 2 heteroatoms. The molecule has 0 aromatic carbocycles. The van der Waals surface area contributed by atoms with E-state index in [1.807, 2.05) is 0 Å². The van der Waals surface area contributed by atoms with Crippen molar-refractivity contribution in [3.8, 4) is 6.07 Å². The maximum atomic E-state index is 8.07. The number of nitriles is 1. The highest BCUT2D eigenvalue weighted by Crippen LogP contribution is 1.97. The number of hydrogen-bond donors (Lipinski definition) is 0. The maximum absolute atomic E-state index is 8.07. The van der Waals surface area contributed by atoms with Gasteiger partial charge in [0.15, 0.2) is 5.76 Å². The molecular weight excluding hydrogens is 102 g/mol. The van der Waals surface area contributed by atoms with E-state index in [-0.39, 0.29) is 5.76 Å². The van der Waals surface area contributed by atoms with Crippen molar-refractivity contribution < 1.29 is 4.74 Å². The first-order valence-corrected chi connectivity index (χ1v) is 2.09. The van der Waals surface area contributed by atoms with Crippen LogP contribution in [-0.4, -0.2) is 0 Å². The summed E-state index contributed by atoms with van der Waals surface area (Å²) < 4.78 is 4.65. The van der Waals surface area contributed by atoms with Gasteiger partial charge in [0.2, 0.25) is 0 Å². The number of nitrogens with zero attached hydrogens (tertiary/aromatic N) is 1. The summed E-state index contributed by atoms with van der Waals surface area (Å²) in [5.74, 6) is 0.564. The molecule has 0 saturated heterocycles. The SMILES string of the molecule is C=C(C)OC(=C)C#N. The Morgan fingerprint density at radius 1 is 1.62 bits per heavy atom. The van der Waals surface area contributed by atoms with Crippen LogP contribution in [0.2, 0.25) is 0 Å². The average Bonchev–Trinajstić information content (AvgIpc) is 1.65. The van der Waals surface area contributed by atoms with Crippen LogP contribution < -0.4 is 0 Å². The quantitative estimate of drug-likeness (QED) is 0.398. The predicted molar refractivity (Wildman–Crippen MR) is 30.7 cm³/mol. The molecule has 0 radical (unpaired) electrons. The summed E-state index contributed by atoms with van der Waals surface area (Å²) in [6, 6.07) is 1.72. The van der Waals surface area contributed by atoms with Gasteiger partial charge in [-0.1, -0.05) is 6.58 Å². The minimum atomic E-state index is 0.0810. The van der Waals surface area contributed by atoms with E-state index in [1.165, 1.54) is 0 Å². The molecule has 0 aliphatic heterocycles. The van der Waals surface area contributed by atoms with Gasteiger partial charge < -0.3 is 4.74 Å². The first kappa shape index (κ1) is 6.77. The molecule has 0 heterocycles. The van der Waals surface area contributed by atoms with Crippen molar-refractivity contribution in [2.45, 2.75) is 6.92 Å². The van der Waals surface area contributed by atoms with Crippen LogP contribution in [0.5, 0.6) is 0 Å². The molecule has 42 valence electrons. The molecule has 0 rings (SSSR count). The molecule has 0 aliphatic rings. The van der Waals surface area contributed by atoms with Crippen LogP contribution in [0.15, 0.2) is 24.7 Å². The summed E-state index contributed by atoms with van der Waals surface area (Å²) >= 11 is 0. The largest absolute Gasteiger partial charge is 0.452 e. The Morgan fingerprint density at radius 2 is 2.12 bits per heavy atom. The third-order valence-corrected chi connectivity index (χ3v) is 0.422. The van der Waals surface area contributed by atoms with Crippen molar-refractivity contribution in [2.75, 3.05) is 0 Å². The second-order valence-electron chi connectivity index (χ2n) is 1.34. The van der Waals surface area contributed by atoms with E-state index in [0.717, 1.165) is 0 Å². The van der Waals surface area contributed by atoms with Gasteiger partial charge in [-0.05, 0) is 13.5 Å². The second kappa shape index (κ2) is 2.86. The van der Waals surface area contributed by atoms with Crippen molar-refractivity contribution in [3.63, 3.8) is 0 Å². The third-order valence-electron chi connectivity index (χ3n) is 0.422. The van der Waals surface area contributed by atoms with E-state index in [2.05, 4.69) is 17.9 Å². The molecule has 0 spiro atoms. The zero-order chi connectivity index (χ0) is 6.57. The lowest BCUT2D eigenvalue weighted by atomic mass is 10.6. The molecule has 0 unspecified atom stereocenters. The molecule has 8 heavy (non-hydrogen) atoms. The summed E-state index contributed by atoms with van der Waals surface area (Å²) in [6.07, 6.45) is 0. The highest BCUT2D eigenvalue weighted by Gasteiger charge is 1.87. The third kappa shape index (κ3) is 2.98. The molecule has 0 aliphatic carbocycles. The summed E-state index contributed by atoms with van der Waals surface area (Å²) in [5, 5.41) is 8.07. The minimum absolute atomic E-state index is 0.0810. The summed E-state index contributed by atoms with van der Waals surface area (Å²) in [4.78, 5) is 0. The van der Waals surface area contributed by atoms with Crippen molar-refractivity contribution in [1.29, 1.82) is 5.26 Å². The summed E-state index contributed by atoms with van der Waals surface area (Å²) in [6.45, 7) is 8.33. The molecule has 0 aromatic rings. The Labute approximate surface area is 48.7 Å². The van der Waals surface area contributed by atoms with E-state index in [9.17, 15) is 0 Å². The first-order valence-electron chi connectivity index (χ1n) is 2.09. The smallest absolute Gasteiger partial charge is 0.196 e. The zero-order valence-corrected chi connectivity index (χ0v) is 4.77. The standard InChI is InChI=1S/C6H7NO/c1-5(2)8-6(3)4-7/h1,3H2,2H3. The minimum Gasteiger partial charge on any atom is -0.452 e. The van der Waals surface area contributed by atoms with Crippen molar-refractivity contribution in [2.24, 2.45) is 0 Å². The Bertz CT molecular complexity index is 152. The average molecular weight is 109 g/mol. The fourth-order valence-corrected chi connectivity index (χ4v) is 0.233. The van der Waals surface area contributed by atoms with Gasteiger partial charge in [-0.25, -0.2) is 0 Å². The van der Waals surface area contributed by atoms with Crippen molar-refractivity contribution in [1.82, 2.24) is 0 Å². The van der Waals surface area contributed by atoms with Crippen LogP contribution in [0, 0.1) is 11.3 Å². The topological polar surface area (TPSA) is 33.0 Å². The van der Waals surface area contributed by atoms with Crippen LogP contribution >= 0.6 is 0 Å². The monoisotopic (exact) mass is 109 g/mol. The van der Waals surface area contributed by atoms with Gasteiger partial charge in [0, 0.05) is 0 Å². The molecule has 0 saturated carbocycles. The van der Waals surface area contributed by atoms with Gasteiger partial charge in [0.25, 0.3) is 0 Å². The zero-order valence-electron chi connectivity index (χ0n) is 4.77. The highest BCUT2D eigenvalue weighted by atomic mass is 16.5. The molecule has 0 bridgehead atoms. The molecular formula is C6H7NO. The molecule has 2 nitrogen and oxygen atoms in total. The highest BCUT2D eigenvalue weighted by molar-refractivity contribution is 5.09. The predicted octanol–water partition coefficient (Wildman–Crippen LogP) is 1.57. The fourth-order valence-electron chi connectivity index (χ4n) is 0.233. The Kier molecular flexibility index (Phi) is 2.42. The molecule has 0 aromatic heterocycles. The lowest BCUT2D eigenvalue weighted by Gasteiger charge is -1.96. The van der Waals surface area contributed by atoms with Gasteiger partial charge in [-0.15, -0.1) is 0 Å². The van der Waals surface area contributed by atoms with E-state index in [0.29, 0.717) is 5.76 Å². The van der Waals surface area contributed by atoms with Gasteiger partial charge in [-0.2, -0.15) is 5.26 Å². The summed E-state index contributed by atoms with van der Waals surface area (Å²) in [7, 11) is 0. The van der Waals surface area contributed by atoms with E-state index in [4.69, 9.17) is 5.26 Å². The van der Waals surface area contributed by atoms with Gasteiger partial charge >= 0.3 is 0 Å². The number of rotatable bonds is 2. The Morgan fingerprint density at radius 3 is 2.25 bits per heavy atom. The number of ether oxygens (including phenoxy) is 1. The fraction of sp³-hybridized carbons (Fsp3) is 0.167. The molecule has 0 atom stereocenters. The van der Waals surface area contributed by atoms with Gasteiger partial charge in [-0.3, -0.25) is 0 Å². The van der Waals surface area contributed by atoms with E-state index in [1.54, 1.807) is 13.0 Å². The van der Waals surface area contributed by atoms with E-state index < -0.39 is 0 Å². The van der Waals surface area contributed by atoms with Crippen molar-refractivity contribution >= 4 is 0 Å². The number of allylic oxidation sites excluding steroid dienone is 2. The van der Waals surface area contributed by atoms with E-state index >= 15 is 0 Å². The molecule has 0 N–H and O–H groups in total. The maximum Gasteiger partial charge on any atom is 0.196 e. The summed E-state index contributed by atoms with van der Waals surface area (Å²) in [5.41, 5.74) is 0. The van der Waals surface area contributed by atoms with Crippen LogP contribution in [0.25, 0.3) is 0 Å². The molecule has 0 fully saturated rings. The Hall–Kier alpha value is -1.23. The van der Waals surface area contributed by atoms with Crippen molar-refractivity contribution in [3.05, 3.63) is 24.7 Å². The van der Waals surface area contributed by atoms with Crippen LogP contribution in [-0.2, 0) is 4.74 Å². The van der Waals surface area contributed by atoms with Crippen LogP contribution in [0.3, 0.4) is 0 Å². The van der Waals surface area contributed by atoms with Crippen LogP contribution in [0.4, 0.5) is 0 Å². The van der Waals surface area contributed by atoms with Gasteiger partial charge in [0.1, 0.15) is 6.07 Å². The lowest BCUT2D eigenvalue weighted by molar-refractivity contribution is 0.329. The van der Waals surface area contributed by atoms with Crippen LogP contribution in [0.1, 0.15) is 6.92 Å². The Balaban J connectivity index is 3.61. The molecule has 0 amide bonds. The number of hydrogen-bond acceptors (Lipinski definition) is 2. The lowest BCUT2D eigenvalue weighted by Crippen LogP contribution is -1.81.